The average molecular weight is 390 g/mol. The molecular weight excluding hydrogens is 364 g/mol. The molecule has 2 heterocycles. The van der Waals surface area contributed by atoms with E-state index in [4.69, 9.17) is 9.15 Å². The second-order valence-corrected chi connectivity index (χ2v) is 7.54. The second-order valence-electron chi connectivity index (χ2n) is 7.54. The number of hydrogen-bond acceptors (Lipinski definition) is 4. The van der Waals surface area contributed by atoms with Crippen LogP contribution in [0.5, 0.6) is 5.75 Å². The first-order valence-electron chi connectivity index (χ1n) is 9.86. The van der Waals surface area contributed by atoms with Crippen molar-refractivity contribution in [2.75, 3.05) is 19.1 Å². The number of carbonyl (C=O) groups is 1. The van der Waals surface area contributed by atoms with Gasteiger partial charge in [0.1, 0.15) is 11.5 Å². The zero-order valence-electron chi connectivity index (χ0n) is 17.1. The molecule has 1 aliphatic rings. The van der Waals surface area contributed by atoms with Crippen molar-refractivity contribution in [3.05, 3.63) is 83.3 Å². The van der Waals surface area contributed by atoms with Crippen molar-refractivity contribution >= 4 is 11.6 Å². The van der Waals surface area contributed by atoms with Gasteiger partial charge < -0.3 is 19.0 Å². The molecule has 3 aromatic rings. The molecule has 0 bridgehead atoms. The van der Waals surface area contributed by atoms with Crippen molar-refractivity contribution < 1.29 is 13.9 Å². The van der Waals surface area contributed by atoms with E-state index in [0.29, 0.717) is 30.5 Å². The number of nitrogens with zero attached hydrogens (tertiary/aromatic N) is 2. The molecule has 0 spiro atoms. The fourth-order valence-electron chi connectivity index (χ4n) is 4.05. The molecule has 29 heavy (non-hydrogen) atoms. The number of ether oxygens (including phenoxy) is 1. The molecule has 4 rings (SSSR count). The van der Waals surface area contributed by atoms with Crippen molar-refractivity contribution in [2.45, 2.75) is 32.5 Å². The van der Waals surface area contributed by atoms with Crippen LogP contribution in [0.2, 0.25) is 0 Å². The molecule has 0 saturated heterocycles. The standard InChI is InChI=1S/C24H26N2O3/c1-17-14-18-8-4-6-10-21(18)26(17)16-23-20(12-13-29-23)24(27)25(2)15-19-9-5-7-11-22(19)28-3/h4-13,17H,14-16H2,1-3H3. The highest BCUT2D eigenvalue weighted by Crippen LogP contribution is 2.33. The van der Waals surface area contributed by atoms with Gasteiger partial charge in [0.2, 0.25) is 0 Å². The summed E-state index contributed by atoms with van der Waals surface area (Å²) in [5.41, 5.74) is 4.14. The molecule has 1 aromatic heterocycles. The summed E-state index contributed by atoms with van der Waals surface area (Å²) in [7, 11) is 3.45. The summed E-state index contributed by atoms with van der Waals surface area (Å²) in [4.78, 5) is 17.2. The number of carbonyl (C=O) groups excluding carboxylic acids is 1. The number of benzene rings is 2. The van der Waals surface area contributed by atoms with Crippen LogP contribution in [0.1, 0.15) is 34.2 Å². The van der Waals surface area contributed by atoms with E-state index in [0.717, 1.165) is 17.7 Å². The Balaban J connectivity index is 1.52. The highest BCUT2D eigenvalue weighted by Gasteiger charge is 2.28. The molecule has 0 aliphatic carbocycles. The Bertz CT molecular complexity index is 1010. The molecule has 0 radical (unpaired) electrons. The molecule has 150 valence electrons. The van der Waals surface area contributed by atoms with Gasteiger partial charge in [0.25, 0.3) is 5.91 Å². The Hall–Kier alpha value is -3.21. The summed E-state index contributed by atoms with van der Waals surface area (Å²) >= 11 is 0. The van der Waals surface area contributed by atoms with Gasteiger partial charge in [-0.15, -0.1) is 0 Å². The normalized spacial score (nSPS) is 15.3. The molecule has 5 nitrogen and oxygen atoms in total. The van der Waals surface area contributed by atoms with E-state index in [1.165, 1.54) is 11.3 Å². The van der Waals surface area contributed by atoms with Gasteiger partial charge in [0, 0.05) is 30.9 Å². The number of methoxy groups -OCH3 is 1. The van der Waals surface area contributed by atoms with E-state index in [2.05, 4.69) is 36.1 Å². The fraction of sp³-hybridized carbons (Fsp3) is 0.292. The number of furan rings is 1. The summed E-state index contributed by atoms with van der Waals surface area (Å²) in [6.45, 7) is 3.25. The van der Waals surface area contributed by atoms with E-state index in [-0.39, 0.29) is 5.91 Å². The maximum absolute atomic E-state index is 13.1. The smallest absolute Gasteiger partial charge is 0.257 e. The summed E-state index contributed by atoms with van der Waals surface area (Å²) in [6.07, 6.45) is 2.61. The Labute approximate surface area is 171 Å². The molecule has 2 aromatic carbocycles. The van der Waals surface area contributed by atoms with Crippen LogP contribution < -0.4 is 9.64 Å². The first kappa shape index (κ1) is 19.1. The molecule has 0 N–H and O–H groups in total. The number of anilines is 1. The predicted molar refractivity (Wildman–Crippen MR) is 113 cm³/mol. The van der Waals surface area contributed by atoms with E-state index in [9.17, 15) is 4.79 Å². The third-order valence-corrected chi connectivity index (χ3v) is 5.58. The van der Waals surface area contributed by atoms with E-state index in [1.54, 1.807) is 31.4 Å². The molecule has 1 atom stereocenters. The second kappa shape index (κ2) is 8.03. The average Bonchev–Trinajstić information content (AvgIpc) is 3.32. The summed E-state index contributed by atoms with van der Waals surface area (Å²) in [5.74, 6) is 1.42. The van der Waals surface area contributed by atoms with Gasteiger partial charge in [-0.25, -0.2) is 0 Å². The predicted octanol–water partition coefficient (Wildman–Crippen LogP) is 4.51. The van der Waals surface area contributed by atoms with Crippen molar-refractivity contribution in [1.82, 2.24) is 4.90 Å². The van der Waals surface area contributed by atoms with Gasteiger partial charge in [0.05, 0.1) is 25.5 Å². The highest BCUT2D eigenvalue weighted by atomic mass is 16.5. The van der Waals surface area contributed by atoms with Crippen molar-refractivity contribution in [3.63, 3.8) is 0 Å². The zero-order valence-corrected chi connectivity index (χ0v) is 17.1. The van der Waals surface area contributed by atoms with Gasteiger partial charge in [-0.1, -0.05) is 36.4 Å². The lowest BCUT2D eigenvalue weighted by Gasteiger charge is -2.25. The van der Waals surface area contributed by atoms with Crippen LogP contribution in [-0.2, 0) is 19.5 Å². The fourth-order valence-corrected chi connectivity index (χ4v) is 4.05. The summed E-state index contributed by atoms with van der Waals surface area (Å²) < 4.78 is 11.2. The molecule has 0 fully saturated rings. The summed E-state index contributed by atoms with van der Waals surface area (Å²) in [5, 5.41) is 0. The topological polar surface area (TPSA) is 45.9 Å². The maximum Gasteiger partial charge on any atom is 0.257 e. The summed E-state index contributed by atoms with van der Waals surface area (Å²) in [6, 6.07) is 18.3. The minimum Gasteiger partial charge on any atom is -0.496 e. The lowest BCUT2D eigenvalue weighted by atomic mass is 10.1. The first-order valence-corrected chi connectivity index (χ1v) is 9.86. The van der Waals surface area contributed by atoms with E-state index in [1.807, 2.05) is 24.3 Å². The van der Waals surface area contributed by atoms with Crippen LogP contribution >= 0.6 is 0 Å². The number of rotatable bonds is 6. The van der Waals surface area contributed by atoms with E-state index < -0.39 is 0 Å². The van der Waals surface area contributed by atoms with Gasteiger partial charge >= 0.3 is 0 Å². The third kappa shape index (κ3) is 3.73. The minimum absolute atomic E-state index is 0.0557. The maximum atomic E-state index is 13.1. The molecule has 1 unspecified atom stereocenters. The van der Waals surface area contributed by atoms with Crippen LogP contribution in [0.3, 0.4) is 0 Å². The first-order chi connectivity index (χ1) is 14.1. The van der Waals surface area contributed by atoms with Crippen LogP contribution in [0.4, 0.5) is 5.69 Å². The lowest BCUT2D eigenvalue weighted by Crippen LogP contribution is -2.31. The van der Waals surface area contributed by atoms with Crippen LogP contribution in [0, 0.1) is 0 Å². The number of para-hydroxylation sites is 2. The minimum atomic E-state index is -0.0557. The zero-order chi connectivity index (χ0) is 20.4. The van der Waals surface area contributed by atoms with Gasteiger partial charge in [-0.2, -0.15) is 0 Å². The quantitative estimate of drug-likeness (QED) is 0.621. The molecule has 5 heteroatoms. The Morgan fingerprint density at radius 1 is 1.17 bits per heavy atom. The molecular formula is C24H26N2O3. The Morgan fingerprint density at radius 2 is 1.93 bits per heavy atom. The molecule has 0 saturated carbocycles. The number of fused-ring (bicyclic) bond motifs is 1. The molecule has 1 amide bonds. The van der Waals surface area contributed by atoms with Crippen molar-refractivity contribution in [1.29, 1.82) is 0 Å². The van der Waals surface area contributed by atoms with Crippen LogP contribution in [0.15, 0.2) is 65.3 Å². The van der Waals surface area contributed by atoms with Gasteiger partial charge in [-0.3, -0.25) is 4.79 Å². The van der Waals surface area contributed by atoms with Crippen LogP contribution in [-0.4, -0.2) is 31.0 Å². The lowest BCUT2D eigenvalue weighted by molar-refractivity contribution is 0.0782. The van der Waals surface area contributed by atoms with Crippen molar-refractivity contribution in [3.8, 4) is 5.75 Å². The van der Waals surface area contributed by atoms with E-state index >= 15 is 0 Å². The SMILES string of the molecule is COc1ccccc1CN(C)C(=O)c1ccoc1CN1c2ccccc2CC1C. The monoisotopic (exact) mass is 390 g/mol. The number of amides is 1. The van der Waals surface area contributed by atoms with Crippen LogP contribution in [0.25, 0.3) is 0 Å². The molecule has 1 aliphatic heterocycles. The van der Waals surface area contributed by atoms with Gasteiger partial charge in [-0.05, 0) is 37.1 Å². The Kier molecular flexibility index (Phi) is 5.30. The third-order valence-electron chi connectivity index (χ3n) is 5.58. The highest BCUT2D eigenvalue weighted by molar-refractivity contribution is 5.95. The van der Waals surface area contributed by atoms with Gasteiger partial charge in [0.15, 0.2) is 0 Å². The largest absolute Gasteiger partial charge is 0.496 e. The number of hydrogen-bond donors (Lipinski definition) is 0. The Morgan fingerprint density at radius 3 is 2.76 bits per heavy atom. The van der Waals surface area contributed by atoms with Crippen molar-refractivity contribution in [2.24, 2.45) is 0 Å².